The van der Waals surface area contributed by atoms with Crippen LogP contribution in [-0.4, -0.2) is 20.8 Å². The normalized spacial score (nSPS) is 11.6. The molecule has 22 heavy (non-hydrogen) atoms. The number of aromatic amines is 1. The lowest BCUT2D eigenvalue weighted by atomic mass is 10.3. The second-order valence-corrected chi connectivity index (χ2v) is 5.59. The highest BCUT2D eigenvalue weighted by molar-refractivity contribution is 8.15. The molecule has 0 bridgehead atoms. The number of nitrogens with one attached hydrogen (secondary N) is 2. The van der Waals surface area contributed by atoms with E-state index in [1.54, 1.807) is 0 Å². The number of carbonyl (C=O) groups is 1. The van der Waals surface area contributed by atoms with E-state index in [0.717, 1.165) is 16.7 Å². The van der Waals surface area contributed by atoms with E-state index in [2.05, 4.69) is 20.5 Å². The summed E-state index contributed by atoms with van der Waals surface area (Å²) in [5, 5.41) is 5.17. The van der Waals surface area contributed by atoms with Crippen molar-refractivity contribution in [3.05, 3.63) is 54.6 Å². The molecule has 3 rings (SSSR count). The molecule has 0 radical (unpaired) electrons. The third-order valence-electron chi connectivity index (χ3n) is 2.92. The Hall–Kier alpha value is -2.60. The van der Waals surface area contributed by atoms with Crippen LogP contribution in [0, 0.1) is 0 Å². The van der Waals surface area contributed by atoms with Gasteiger partial charge in [-0.3, -0.25) is 10.2 Å². The van der Waals surface area contributed by atoms with Gasteiger partial charge in [-0.15, -0.1) is 0 Å². The minimum Gasteiger partial charge on any atom is -0.333 e. The zero-order valence-electron chi connectivity index (χ0n) is 11.9. The molecule has 1 heterocycles. The standard InChI is InChI=1S/C16H14N4OS/c1-11(21)15(20-19-12-7-3-2-4-8-12)22-16-17-13-9-5-6-10-14(13)18-16/h2-10,19H,1H3,(H,17,18)/b20-15+. The fourth-order valence-corrected chi connectivity index (χ4v) is 2.59. The zero-order chi connectivity index (χ0) is 15.4. The smallest absolute Gasteiger partial charge is 0.186 e. The second-order valence-electron chi connectivity index (χ2n) is 4.61. The predicted molar refractivity (Wildman–Crippen MR) is 90.1 cm³/mol. The number of ketones is 1. The Morgan fingerprint density at radius 3 is 2.59 bits per heavy atom. The van der Waals surface area contributed by atoms with Crippen molar-refractivity contribution in [2.24, 2.45) is 5.10 Å². The maximum atomic E-state index is 11.8. The van der Waals surface area contributed by atoms with Crippen LogP contribution in [0.3, 0.4) is 0 Å². The summed E-state index contributed by atoms with van der Waals surface area (Å²) in [5.74, 6) is -0.117. The van der Waals surface area contributed by atoms with Gasteiger partial charge >= 0.3 is 0 Å². The molecule has 2 aromatic carbocycles. The number of carbonyl (C=O) groups excluding carboxylic acids is 1. The highest BCUT2D eigenvalue weighted by Crippen LogP contribution is 2.21. The fourth-order valence-electron chi connectivity index (χ4n) is 1.87. The summed E-state index contributed by atoms with van der Waals surface area (Å²) < 4.78 is 0. The highest BCUT2D eigenvalue weighted by atomic mass is 32.2. The van der Waals surface area contributed by atoms with E-state index in [1.807, 2.05) is 54.6 Å². The molecular formula is C16H14N4OS. The molecule has 0 fully saturated rings. The fraction of sp³-hybridized carbons (Fsp3) is 0.0625. The molecule has 0 aliphatic rings. The minimum atomic E-state index is -0.117. The monoisotopic (exact) mass is 310 g/mol. The van der Waals surface area contributed by atoms with E-state index < -0.39 is 0 Å². The lowest BCUT2D eigenvalue weighted by Crippen LogP contribution is -2.08. The summed E-state index contributed by atoms with van der Waals surface area (Å²) in [7, 11) is 0. The zero-order valence-corrected chi connectivity index (χ0v) is 12.7. The largest absolute Gasteiger partial charge is 0.333 e. The van der Waals surface area contributed by atoms with Gasteiger partial charge in [-0.2, -0.15) is 5.10 Å². The van der Waals surface area contributed by atoms with Gasteiger partial charge in [0.05, 0.1) is 16.7 Å². The van der Waals surface area contributed by atoms with Crippen molar-refractivity contribution in [1.29, 1.82) is 0 Å². The molecule has 2 N–H and O–H groups in total. The Morgan fingerprint density at radius 1 is 1.14 bits per heavy atom. The molecule has 110 valence electrons. The Balaban J connectivity index is 1.80. The number of fused-ring (bicyclic) bond motifs is 1. The van der Waals surface area contributed by atoms with Gasteiger partial charge in [0.25, 0.3) is 0 Å². The van der Waals surface area contributed by atoms with Crippen LogP contribution in [0.25, 0.3) is 11.0 Å². The Labute approximate surface area is 131 Å². The van der Waals surface area contributed by atoms with Gasteiger partial charge in [0.15, 0.2) is 16.0 Å². The van der Waals surface area contributed by atoms with Gasteiger partial charge in [-0.05, 0) is 36.0 Å². The number of aromatic nitrogens is 2. The van der Waals surface area contributed by atoms with Crippen molar-refractivity contribution >= 4 is 39.3 Å². The summed E-state index contributed by atoms with van der Waals surface area (Å²) in [4.78, 5) is 19.4. The second kappa shape index (κ2) is 6.44. The number of H-pyrrole nitrogens is 1. The van der Waals surface area contributed by atoms with E-state index in [0.29, 0.717) is 10.2 Å². The number of rotatable bonds is 4. The van der Waals surface area contributed by atoms with Gasteiger partial charge in [0, 0.05) is 6.92 Å². The topological polar surface area (TPSA) is 70.1 Å². The molecule has 0 atom stereocenters. The quantitative estimate of drug-likeness (QED) is 0.334. The number of hydrogen-bond donors (Lipinski definition) is 2. The number of Topliss-reactive ketones (excluding diaryl/α,β-unsaturated/α-hetero) is 1. The van der Waals surface area contributed by atoms with E-state index in [4.69, 9.17) is 0 Å². The molecule has 0 saturated heterocycles. The van der Waals surface area contributed by atoms with Crippen LogP contribution in [0.5, 0.6) is 0 Å². The van der Waals surface area contributed by atoms with Crippen LogP contribution >= 0.6 is 11.8 Å². The van der Waals surface area contributed by atoms with Crippen molar-refractivity contribution < 1.29 is 4.79 Å². The Kier molecular flexibility index (Phi) is 4.20. The third kappa shape index (κ3) is 3.35. The Bertz CT molecular complexity index is 793. The maximum absolute atomic E-state index is 11.8. The molecule has 5 nitrogen and oxygen atoms in total. The average Bonchev–Trinajstić information content (AvgIpc) is 2.94. The van der Waals surface area contributed by atoms with E-state index in [9.17, 15) is 4.79 Å². The lowest BCUT2D eigenvalue weighted by molar-refractivity contribution is -0.110. The van der Waals surface area contributed by atoms with E-state index in [1.165, 1.54) is 18.7 Å². The molecule has 0 amide bonds. The summed E-state index contributed by atoms with van der Waals surface area (Å²) >= 11 is 1.21. The van der Waals surface area contributed by atoms with Crippen LogP contribution < -0.4 is 5.43 Å². The first-order valence-electron chi connectivity index (χ1n) is 6.74. The number of benzene rings is 2. The summed E-state index contributed by atoms with van der Waals surface area (Å²) in [6, 6.07) is 17.2. The first kappa shape index (κ1) is 14.3. The number of para-hydroxylation sites is 3. The van der Waals surface area contributed by atoms with Crippen LogP contribution in [0.15, 0.2) is 64.9 Å². The van der Waals surface area contributed by atoms with Gasteiger partial charge in [0.2, 0.25) is 0 Å². The molecule has 0 saturated carbocycles. The van der Waals surface area contributed by atoms with Crippen molar-refractivity contribution in [2.75, 3.05) is 5.43 Å². The SMILES string of the molecule is CC(=O)/C(=N\Nc1ccccc1)Sc1nc2ccccc2[nH]1. The van der Waals surface area contributed by atoms with Crippen molar-refractivity contribution in [1.82, 2.24) is 9.97 Å². The van der Waals surface area contributed by atoms with E-state index in [-0.39, 0.29) is 5.78 Å². The number of nitrogens with zero attached hydrogens (tertiary/aromatic N) is 2. The summed E-state index contributed by atoms with van der Waals surface area (Å²) in [5.41, 5.74) is 5.51. The molecule has 1 aromatic heterocycles. The highest BCUT2D eigenvalue weighted by Gasteiger charge is 2.12. The van der Waals surface area contributed by atoms with Crippen LogP contribution in [0.4, 0.5) is 5.69 Å². The third-order valence-corrected chi connectivity index (χ3v) is 3.88. The van der Waals surface area contributed by atoms with Gasteiger partial charge in [-0.1, -0.05) is 30.3 Å². The molecule has 0 spiro atoms. The van der Waals surface area contributed by atoms with Crippen LogP contribution in [0.1, 0.15) is 6.92 Å². The minimum absolute atomic E-state index is 0.117. The molecular weight excluding hydrogens is 296 g/mol. The number of thioether (sulfide) groups is 1. The number of hydrogen-bond acceptors (Lipinski definition) is 5. The van der Waals surface area contributed by atoms with Gasteiger partial charge < -0.3 is 4.98 Å². The first-order valence-corrected chi connectivity index (χ1v) is 7.56. The van der Waals surface area contributed by atoms with Crippen molar-refractivity contribution in [3.8, 4) is 0 Å². The van der Waals surface area contributed by atoms with Crippen molar-refractivity contribution in [2.45, 2.75) is 12.1 Å². The van der Waals surface area contributed by atoms with Gasteiger partial charge in [-0.25, -0.2) is 4.98 Å². The van der Waals surface area contributed by atoms with E-state index >= 15 is 0 Å². The lowest BCUT2D eigenvalue weighted by Gasteiger charge is -2.02. The van der Waals surface area contributed by atoms with Crippen molar-refractivity contribution in [3.63, 3.8) is 0 Å². The Morgan fingerprint density at radius 2 is 1.86 bits per heavy atom. The number of hydrazone groups is 1. The summed E-state index contributed by atoms with van der Waals surface area (Å²) in [6.45, 7) is 1.49. The molecule has 0 aliphatic heterocycles. The maximum Gasteiger partial charge on any atom is 0.186 e. The van der Waals surface area contributed by atoms with Gasteiger partial charge in [0.1, 0.15) is 0 Å². The summed E-state index contributed by atoms with van der Waals surface area (Å²) in [6.07, 6.45) is 0. The van der Waals surface area contributed by atoms with Crippen LogP contribution in [-0.2, 0) is 4.79 Å². The first-order chi connectivity index (χ1) is 10.7. The molecule has 0 aliphatic carbocycles. The molecule has 6 heteroatoms. The average molecular weight is 310 g/mol. The number of imidazole rings is 1. The number of anilines is 1. The molecule has 0 unspecified atom stereocenters. The van der Waals surface area contributed by atoms with Crippen LogP contribution in [0.2, 0.25) is 0 Å². The predicted octanol–water partition coefficient (Wildman–Crippen LogP) is 3.67. The molecule has 3 aromatic rings.